The smallest absolute Gasteiger partial charge is 0.234 e. The number of halogens is 1. The maximum atomic E-state index is 12.2. The molecule has 0 spiro atoms. The molecule has 1 N–H and O–H groups in total. The molecule has 1 aromatic heterocycles. The van der Waals surface area contributed by atoms with Crippen LogP contribution in [0.3, 0.4) is 0 Å². The van der Waals surface area contributed by atoms with E-state index in [2.05, 4.69) is 30.8 Å². The molecule has 0 aliphatic carbocycles. The van der Waals surface area contributed by atoms with Crippen LogP contribution in [0.15, 0.2) is 57.2 Å². The summed E-state index contributed by atoms with van der Waals surface area (Å²) in [4.78, 5) is 12.2. The standard InChI is InChI=1S/C17H14BrN3OS2/c1-11-7-8-14(13(18)9-11)19-15(22)10-23-17-16(20-21-24-17)12-5-3-2-4-6-12/h2-9H,10H2,1H3,(H,19,22). The van der Waals surface area contributed by atoms with Crippen molar-refractivity contribution in [2.45, 2.75) is 11.1 Å². The minimum absolute atomic E-state index is 0.0584. The van der Waals surface area contributed by atoms with Gasteiger partial charge in [0, 0.05) is 10.0 Å². The first-order valence-corrected chi connectivity index (χ1v) is 9.75. The van der Waals surface area contributed by atoms with Crippen LogP contribution in [-0.2, 0) is 4.79 Å². The molecule has 7 heteroatoms. The van der Waals surface area contributed by atoms with Gasteiger partial charge in [0.05, 0.1) is 11.4 Å². The summed E-state index contributed by atoms with van der Waals surface area (Å²) in [6.07, 6.45) is 0. The number of aromatic nitrogens is 2. The lowest BCUT2D eigenvalue weighted by Crippen LogP contribution is -2.14. The number of anilines is 1. The van der Waals surface area contributed by atoms with Gasteiger partial charge in [-0.25, -0.2) is 0 Å². The van der Waals surface area contributed by atoms with Crippen LogP contribution >= 0.6 is 39.2 Å². The Morgan fingerprint density at radius 3 is 2.79 bits per heavy atom. The number of carbonyl (C=O) groups is 1. The first-order chi connectivity index (χ1) is 11.6. The van der Waals surface area contributed by atoms with E-state index in [1.165, 1.54) is 23.3 Å². The Balaban J connectivity index is 1.64. The van der Waals surface area contributed by atoms with E-state index in [0.29, 0.717) is 5.75 Å². The summed E-state index contributed by atoms with van der Waals surface area (Å²) in [7, 11) is 0. The van der Waals surface area contributed by atoms with Gasteiger partial charge in [-0.1, -0.05) is 40.9 Å². The second-order valence-electron chi connectivity index (χ2n) is 5.10. The maximum Gasteiger partial charge on any atom is 0.234 e. The number of thioether (sulfide) groups is 1. The van der Waals surface area contributed by atoms with Crippen LogP contribution in [-0.4, -0.2) is 21.2 Å². The molecule has 0 aliphatic rings. The van der Waals surface area contributed by atoms with Crippen molar-refractivity contribution < 1.29 is 4.79 Å². The van der Waals surface area contributed by atoms with Crippen LogP contribution in [0.1, 0.15) is 5.56 Å². The van der Waals surface area contributed by atoms with Crippen molar-refractivity contribution in [3.63, 3.8) is 0 Å². The molecular weight excluding hydrogens is 406 g/mol. The first kappa shape index (κ1) is 17.1. The number of hydrogen-bond donors (Lipinski definition) is 1. The summed E-state index contributed by atoms with van der Waals surface area (Å²) in [6, 6.07) is 15.7. The zero-order valence-corrected chi connectivity index (χ0v) is 16.0. The van der Waals surface area contributed by atoms with Crippen LogP contribution in [0.4, 0.5) is 5.69 Å². The summed E-state index contributed by atoms with van der Waals surface area (Å²) in [5.74, 6) is 0.251. The highest BCUT2D eigenvalue weighted by Crippen LogP contribution is 2.32. The summed E-state index contributed by atoms with van der Waals surface area (Å²) in [6.45, 7) is 2.01. The van der Waals surface area contributed by atoms with Crippen LogP contribution in [0.25, 0.3) is 11.3 Å². The van der Waals surface area contributed by atoms with E-state index in [4.69, 9.17) is 0 Å². The molecule has 0 radical (unpaired) electrons. The predicted octanol–water partition coefficient (Wildman–Crippen LogP) is 5.01. The van der Waals surface area contributed by atoms with E-state index >= 15 is 0 Å². The van der Waals surface area contributed by atoms with Gasteiger partial charge in [-0.05, 0) is 52.1 Å². The number of amides is 1. The normalized spacial score (nSPS) is 10.6. The maximum absolute atomic E-state index is 12.2. The Hall–Kier alpha value is -1.70. The van der Waals surface area contributed by atoms with E-state index < -0.39 is 0 Å². The summed E-state index contributed by atoms with van der Waals surface area (Å²) in [5.41, 5.74) is 3.75. The number of carbonyl (C=O) groups excluding carboxylic acids is 1. The zero-order chi connectivity index (χ0) is 16.9. The zero-order valence-electron chi connectivity index (χ0n) is 12.8. The Kier molecular flexibility index (Phi) is 5.65. The fourth-order valence-corrected chi connectivity index (χ4v) is 4.24. The molecule has 0 unspecified atom stereocenters. The first-order valence-electron chi connectivity index (χ1n) is 7.20. The van der Waals surface area contributed by atoms with E-state index in [-0.39, 0.29) is 5.91 Å². The van der Waals surface area contributed by atoms with Crippen molar-refractivity contribution >= 4 is 50.8 Å². The molecule has 4 nitrogen and oxygen atoms in total. The van der Waals surface area contributed by atoms with Crippen molar-refractivity contribution in [2.24, 2.45) is 0 Å². The molecule has 0 saturated carbocycles. The van der Waals surface area contributed by atoms with E-state index in [0.717, 1.165) is 31.2 Å². The SMILES string of the molecule is Cc1ccc(NC(=O)CSc2snnc2-c2ccccc2)c(Br)c1. The van der Waals surface area contributed by atoms with Crippen LogP contribution in [0, 0.1) is 6.92 Å². The second-order valence-corrected chi connectivity index (χ2v) is 7.95. The molecule has 1 heterocycles. The van der Waals surface area contributed by atoms with Crippen LogP contribution in [0.2, 0.25) is 0 Å². The molecule has 2 aromatic carbocycles. The van der Waals surface area contributed by atoms with Gasteiger partial charge in [0.1, 0.15) is 9.90 Å². The third kappa shape index (κ3) is 4.23. The fourth-order valence-electron chi connectivity index (χ4n) is 2.09. The number of benzene rings is 2. The van der Waals surface area contributed by atoms with E-state index in [1.54, 1.807) is 0 Å². The highest BCUT2D eigenvalue weighted by molar-refractivity contribution is 9.10. The van der Waals surface area contributed by atoms with Crippen LogP contribution < -0.4 is 5.32 Å². The third-order valence-corrected chi connectivity index (χ3v) is 5.86. The molecule has 3 aromatic rings. The Labute approximate surface area is 157 Å². The molecule has 0 saturated heterocycles. The van der Waals surface area contributed by atoms with Gasteiger partial charge < -0.3 is 5.32 Å². The molecule has 0 atom stereocenters. The van der Waals surface area contributed by atoms with Gasteiger partial charge in [-0.15, -0.1) is 16.9 Å². The van der Waals surface area contributed by atoms with Gasteiger partial charge in [-0.3, -0.25) is 4.79 Å². The number of nitrogens with zero attached hydrogens (tertiary/aromatic N) is 2. The lowest BCUT2D eigenvalue weighted by molar-refractivity contribution is -0.113. The summed E-state index contributed by atoms with van der Waals surface area (Å²) in [5, 5.41) is 7.10. The molecule has 0 fully saturated rings. The number of nitrogens with one attached hydrogen (secondary N) is 1. The van der Waals surface area contributed by atoms with Gasteiger partial charge in [0.25, 0.3) is 0 Å². The summed E-state index contributed by atoms with van der Waals surface area (Å²) >= 11 is 6.23. The van der Waals surface area contributed by atoms with Gasteiger partial charge in [0.15, 0.2) is 0 Å². The molecule has 122 valence electrons. The summed E-state index contributed by atoms with van der Waals surface area (Å²) < 4.78 is 5.84. The fraction of sp³-hybridized carbons (Fsp3) is 0.118. The van der Waals surface area contributed by atoms with Crippen molar-refractivity contribution in [3.8, 4) is 11.3 Å². The predicted molar refractivity (Wildman–Crippen MR) is 104 cm³/mol. The molecule has 3 rings (SSSR count). The number of hydrogen-bond acceptors (Lipinski definition) is 5. The van der Waals surface area contributed by atoms with Crippen LogP contribution in [0.5, 0.6) is 0 Å². The Morgan fingerprint density at radius 2 is 2.04 bits per heavy atom. The van der Waals surface area contributed by atoms with Gasteiger partial charge >= 0.3 is 0 Å². The lowest BCUT2D eigenvalue weighted by Gasteiger charge is -2.08. The lowest BCUT2D eigenvalue weighted by atomic mass is 10.2. The highest BCUT2D eigenvalue weighted by Gasteiger charge is 2.13. The molecule has 0 aliphatic heterocycles. The van der Waals surface area contributed by atoms with Crippen molar-refractivity contribution in [1.29, 1.82) is 0 Å². The monoisotopic (exact) mass is 419 g/mol. The van der Waals surface area contributed by atoms with Crippen molar-refractivity contribution in [2.75, 3.05) is 11.1 Å². The minimum atomic E-state index is -0.0584. The van der Waals surface area contributed by atoms with Gasteiger partial charge in [-0.2, -0.15) is 0 Å². The molecule has 1 amide bonds. The Morgan fingerprint density at radius 1 is 1.25 bits per heavy atom. The molecular formula is C17H14BrN3OS2. The quantitative estimate of drug-likeness (QED) is 0.590. The minimum Gasteiger partial charge on any atom is -0.324 e. The topological polar surface area (TPSA) is 54.9 Å². The third-order valence-electron chi connectivity index (χ3n) is 3.24. The molecule has 24 heavy (non-hydrogen) atoms. The number of rotatable bonds is 5. The van der Waals surface area contributed by atoms with Crippen molar-refractivity contribution in [3.05, 3.63) is 58.6 Å². The van der Waals surface area contributed by atoms with Gasteiger partial charge in [0.2, 0.25) is 5.91 Å². The highest BCUT2D eigenvalue weighted by atomic mass is 79.9. The average Bonchev–Trinajstić information content (AvgIpc) is 3.05. The average molecular weight is 420 g/mol. The largest absolute Gasteiger partial charge is 0.324 e. The number of aryl methyl sites for hydroxylation is 1. The van der Waals surface area contributed by atoms with Crippen molar-refractivity contribution in [1.82, 2.24) is 9.59 Å². The molecule has 0 bridgehead atoms. The Bertz CT molecular complexity index is 852. The van der Waals surface area contributed by atoms with E-state index in [9.17, 15) is 4.79 Å². The second kappa shape index (κ2) is 7.92. The van der Waals surface area contributed by atoms with E-state index in [1.807, 2.05) is 55.5 Å².